The fourth-order valence-corrected chi connectivity index (χ4v) is 5.62. The van der Waals surface area contributed by atoms with E-state index in [1.165, 1.54) is 27.6 Å². The van der Waals surface area contributed by atoms with Crippen molar-refractivity contribution in [1.29, 1.82) is 0 Å². The van der Waals surface area contributed by atoms with E-state index in [4.69, 9.17) is 4.42 Å². The van der Waals surface area contributed by atoms with Gasteiger partial charge in [0.15, 0.2) is 5.76 Å². The minimum Gasteiger partial charge on any atom is -0.459 e. The lowest BCUT2D eigenvalue weighted by Crippen LogP contribution is -2.48. The van der Waals surface area contributed by atoms with Crippen LogP contribution in [-0.4, -0.2) is 79.6 Å². The number of hydrogen-bond donors (Lipinski definition) is 1. The topological polar surface area (TPSA) is 103 Å². The molecule has 2 aromatic rings. The first-order valence-electron chi connectivity index (χ1n) is 10.9. The number of benzene rings is 1. The number of rotatable bonds is 6. The van der Waals surface area contributed by atoms with Gasteiger partial charge in [0.25, 0.3) is 5.91 Å². The van der Waals surface area contributed by atoms with Crippen molar-refractivity contribution in [3.8, 4) is 0 Å². The number of hydrogen-bond acceptors (Lipinski definition) is 6. The average Bonchev–Trinajstić information content (AvgIpc) is 3.51. The van der Waals surface area contributed by atoms with Crippen molar-refractivity contribution in [3.63, 3.8) is 0 Å². The molecule has 2 aliphatic heterocycles. The smallest absolute Gasteiger partial charge is 0.290 e. The minimum atomic E-state index is -3.57. The fourth-order valence-electron chi connectivity index (χ4n) is 4.20. The zero-order chi connectivity index (χ0) is 22.7. The van der Waals surface area contributed by atoms with E-state index in [1.54, 1.807) is 24.3 Å². The van der Waals surface area contributed by atoms with Crippen molar-refractivity contribution in [1.82, 2.24) is 14.1 Å². The zero-order valence-electron chi connectivity index (χ0n) is 18.1. The van der Waals surface area contributed by atoms with Crippen LogP contribution in [0.4, 0.5) is 5.69 Å². The molecule has 4 rings (SSSR count). The second-order valence-corrected chi connectivity index (χ2v) is 9.92. The lowest BCUT2D eigenvalue weighted by atomic mass is 10.2. The summed E-state index contributed by atoms with van der Waals surface area (Å²) in [5.74, 6) is -0.398. The van der Waals surface area contributed by atoms with Gasteiger partial charge in [-0.15, -0.1) is 0 Å². The van der Waals surface area contributed by atoms with Gasteiger partial charge >= 0.3 is 0 Å². The Morgan fingerprint density at radius 3 is 2.41 bits per heavy atom. The lowest BCUT2D eigenvalue weighted by Gasteiger charge is -2.33. The van der Waals surface area contributed by atoms with Crippen LogP contribution in [0.1, 0.15) is 30.3 Å². The Kier molecular flexibility index (Phi) is 6.63. The number of likely N-dealkylation sites (N-methyl/N-ethyl adjacent to an activating group) is 1. The molecule has 9 nitrogen and oxygen atoms in total. The Labute approximate surface area is 188 Å². The summed E-state index contributed by atoms with van der Waals surface area (Å²) in [6.45, 7) is 5.84. The molecular weight excluding hydrogens is 432 g/mol. The maximum atomic E-state index is 12.9. The molecule has 0 bridgehead atoms. The van der Waals surface area contributed by atoms with Crippen molar-refractivity contribution in [2.24, 2.45) is 0 Å². The summed E-state index contributed by atoms with van der Waals surface area (Å²) in [5, 5.41) is 2.81. The van der Waals surface area contributed by atoms with Gasteiger partial charge in [-0.25, -0.2) is 8.42 Å². The summed E-state index contributed by atoms with van der Waals surface area (Å²) in [4.78, 5) is 29.4. The van der Waals surface area contributed by atoms with Crippen molar-refractivity contribution in [3.05, 3.63) is 48.4 Å². The largest absolute Gasteiger partial charge is 0.459 e. The molecule has 1 atom stereocenters. The first-order valence-corrected chi connectivity index (χ1v) is 12.3. The Balaban J connectivity index is 1.40. The van der Waals surface area contributed by atoms with Gasteiger partial charge in [-0.3, -0.25) is 9.59 Å². The van der Waals surface area contributed by atoms with E-state index in [-0.39, 0.29) is 22.5 Å². The quantitative estimate of drug-likeness (QED) is 0.706. The van der Waals surface area contributed by atoms with E-state index in [9.17, 15) is 18.0 Å². The standard InChI is InChI=1S/C22H28N4O5S/c1-2-24-12-14-25(15-13-24)32(29,30)18-9-7-17(8-10-18)23-21(27)19-5-3-11-26(19)22(28)20-6-4-16-31-20/h4,6-10,16,19H,2-3,5,11-15H2,1H3,(H,23,27)/t19-/m0/s1. The van der Waals surface area contributed by atoms with Crippen molar-refractivity contribution >= 4 is 27.5 Å². The fraction of sp³-hybridized carbons (Fsp3) is 0.455. The maximum Gasteiger partial charge on any atom is 0.290 e. The summed E-state index contributed by atoms with van der Waals surface area (Å²) in [7, 11) is -3.57. The van der Waals surface area contributed by atoms with E-state index in [2.05, 4.69) is 17.1 Å². The highest BCUT2D eigenvalue weighted by molar-refractivity contribution is 7.89. The number of furan rings is 1. The van der Waals surface area contributed by atoms with Gasteiger partial charge in [-0.1, -0.05) is 6.92 Å². The summed E-state index contributed by atoms with van der Waals surface area (Å²) in [6, 6.07) is 8.82. The van der Waals surface area contributed by atoms with Crippen LogP contribution >= 0.6 is 0 Å². The summed E-state index contributed by atoms with van der Waals surface area (Å²) in [6.07, 6.45) is 2.72. The van der Waals surface area contributed by atoms with Gasteiger partial charge in [0.2, 0.25) is 15.9 Å². The van der Waals surface area contributed by atoms with E-state index < -0.39 is 16.1 Å². The van der Waals surface area contributed by atoms with Gasteiger partial charge in [0, 0.05) is 38.4 Å². The number of nitrogens with zero attached hydrogens (tertiary/aromatic N) is 3. The predicted octanol–water partition coefficient (Wildman–Crippen LogP) is 1.85. The van der Waals surface area contributed by atoms with Gasteiger partial charge in [-0.05, 0) is 55.8 Å². The normalized spacial score (nSPS) is 20.4. The number of likely N-dealkylation sites (tertiary alicyclic amines) is 1. The van der Waals surface area contributed by atoms with Crippen LogP contribution in [0.3, 0.4) is 0 Å². The van der Waals surface area contributed by atoms with E-state index in [1.807, 2.05) is 0 Å². The molecule has 2 aliphatic rings. The molecule has 10 heteroatoms. The monoisotopic (exact) mass is 460 g/mol. The molecule has 32 heavy (non-hydrogen) atoms. The molecule has 1 aromatic heterocycles. The van der Waals surface area contributed by atoms with Crippen LogP contribution in [0.25, 0.3) is 0 Å². The first kappa shape index (κ1) is 22.5. The number of anilines is 1. The predicted molar refractivity (Wildman–Crippen MR) is 119 cm³/mol. The van der Waals surface area contributed by atoms with Crippen molar-refractivity contribution < 1.29 is 22.4 Å². The van der Waals surface area contributed by atoms with E-state index in [0.29, 0.717) is 31.7 Å². The third-order valence-corrected chi connectivity index (χ3v) is 8.00. The SMILES string of the molecule is CCN1CCN(S(=O)(=O)c2ccc(NC(=O)[C@@H]3CCCN3C(=O)c3ccco3)cc2)CC1. The van der Waals surface area contributed by atoms with Crippen LogP contribution in [0.2, 0.25) is 0 Å². The van der Waals surface area contributed by atoms with Crippen LogP contribution in [0.5, 0.6) is 0 Å². The number of carbonyl (C=O) groups is 2. The Morgan fingerprint density at radius 1 is 1.06 bits per heavy atom. The first-order chi connectivity index (χ1) is 15.4. The summed E-state index contributed by atoms with van der Waals surface area (Å²) >= 11 is 0. The van der Waals surface area contributed by atoms with Crippen LogP contribution in [0, 0.1) is 0 Å². The minimum absolute atomic E-state index is 0.205. The van der Waals surface area contributed by atoms with Crippen LogP contribution in [0.15, 0.2) is 52.0 Å². The van der Waals surface area contributed by atoms with Crippen LogP contribution in [-0.2, 0) is 14.8 Å². The number of sulfonamides is 1. The number of amides is 2. The third kappa shape index (κ3) is 4.57. The van der Waals surface area contributed by atoms with Gasteiger partial charge in [0.1, 0.15) is 6.04 Å². The second kappa shape index (κ2) is 9.43. The van der Waals surface area contributed by atoms with Crippen molar-refractivity contribution in [2.45, 2.75) is 30.7 Å². The number of nitrogens with one attached hydrogen (secondary N) is 1. The molecule has 0 radical (unpaired) electrons. The number of carbonyl (C=O) groups excluding carboxylic acids is 2. The Bertz CT molecular complexity index is 1040. The van der Waals surface area contributed by atoms with Crippen molar-refractivity contribution in [2.75, 3.05) is 44.6 Å². The molecule has 2 fully saturated rings. The molecule has 2 amide bonds. The molecule has 0 saturated carbocycles. The molecule has 1 N–H and O–H groups in total. The highest BCUT2D eigenvalue weighted by atomic mass is 32.2. The molecule has 3 heterocycles. The Morgan fingerprint density at radius 2 is 1.78 bits per heavy atom. The molecule has 1 aromatic carbocycles. The van der Waals surface area contributed by atoms with E-state index >= 15 is 0 Å². The van der Waals surface area contributed by atoms with E-state index in [0.717, 1.165) is 26.1 Å². The molecule has 0 unspecified atom stereocenters. The van der Waals surface area contributed by atoms with Crippen LogP contribution < -0.4 is 5.32 Å². The zero-order valence-corrected chi connectivity index (χ0v) is 18.9. The second-order valence-electron chi connectivity index (χ2n) is 7.99. The molecule has 172 valence electrons. The van der Waals surface area contributed by atoms with Gasteiger partial charge in [0.05, 0.1) is 11.2 Å². The summed E-state index contributed by atoms with van der Waals surface area (Å²) in [5.41, 5.74) is 0.488. The maximum absolute atomic E-state index is 12.9. The third-order valence-electron chi connectivity index (χ3n) is 6.09. The molecular formula is C22H28N4O5S. The number of piperazine rings is 1. The summed E-state index contributed by atoms with van der Waals surface area (Å²) < 4.78 is 32.5. The van der Waals surface area contributed by atoms with Gasteiger partial charge in [-0.2, -0.15) is 4.31 Å². The van der Waals surface area contributed by atoms with Gasteiger partial charge < -0.3 is 19.5 Å². The molecule has 0 aliphatic carbocycles. The lowest BCUT2D eigenvalue weighted by molar-refractivity contribution is -0.119. The average molecular weight is 461 g/mol. The Hall–Kier alpha value is -2.69. The highest BCUT2D eigenvalue weighted by Gasteiger charge is 2.35. The molecule has 0 spiro atoms. The molecule has 2 saturated heterocycles. The highest BCUT2D eigenvalue weighted by Crippen LogP contribution is 2.23.